The summed E-state index contributed by atoms with van der Waals surface area (Å²) in [6.07, 6.45) is 0. The van der Waals surface area contributed by atoms with E-state index in [0.29, 0.717) is 24.3 Å². The van der Waals surface area contributed by atoms with Gasteiger partial charge in [-0.3, -0.25) is 4.79 Å². The fourth-order valence-corrected chi connectivity index (χ4v) is 4.55. The van der Waals surface area contributed by atoms with Crippen molar-refractivity contribution >= 4 is 21.6 Å². The van der Waals surface area contributed by atoms with Crippen LogP contribution in [-0.4, -0.2) is 56.3 Å². The monoisotopic (exact) mass is 387 g/mol. The van der Waals surface area contributed by atoms with Gasteiger partial charge in [0, 0.05) is 37.4 Å². The first kappa shape index (κ1) is 19.5. The van der Waals surface area contributed by atoms with Gasteiger partial charge < -0.3 is 10.2 Å². The zero-order chi connectivity index (χ0) is 19.4. The first-order valence-electron chi connectivity index (χ1n) is 9.11. The van der Waals surface area contributed by atoms with Gasteiger partial charge in [0.1, 0.15) is 0 Å². The maximum Gasteiger partial charge on any atom is 0.255 e. The molecule has 0 atom stereocenters. The standard InChI is InChI=1S/C20H25N3O3S/c1-3-22-11-13-23(14-12-22)27(25,26)19-6-4-5-18(15-19)21-20(24)17-9-7-16(2)8-10-17/h4-10,15H,3,11-14H2,1-2H3,(H,21,24). The number of carbonyl (C=O) groups excluding carboxylic acids is 1. The second-order valence-corrected chi connectivity index (χ2v) is 8.62. The molecule has 7 heteroatoms. The minimum atomic E-state index is -3.57. The highest BCUT2D eigenvalue weighted by Gasteiger charge is 2.28. The summed E-state index contributed by atoms with van der Waals surface area (Å²) in [5.74, 6) is -0.263. The Labute approximate surface area is 160 Å². The molecule has 1 N–H and O–H groups in total. The minimum absolute atomic E-state index is 0.203. The van der Waals surface area contributed by atoms with Gasteiger partial charge in [0.05, 0.1) is 4.90 Å². The fraction of sp³-hybridized carbons (Fsp3) is 0.350. The molecule has 6 nitrogen and oxygen atoms in total. The first-order valence-corrected chi connectivity index (χ1v) is 10.5. The summed E-state index contributed by atoms with van der Waals surface area (Å²) >= 11 is 0. The van der Waals surface area contributed by atoms with Gasteiger partial charge in [-0.25, -0.2) is 8.42 Å². The first-order chi connectivity index (χ1) is 12.9. The lowest BCUT2D eigenvalue weighted by Crippen LogP contribution is -2.48. The van der Waals surface area contributed by atoms with E-state index >= 15 is 0 Å². The summed E-state index contributed by atoms with van der Waals surface area (Å²) in [4.78, 5) is 14.8. The van der Waals surface area contributed by atoms with Crippen molar-refractivity contribution in [2.75, 3.05) is 38.0 Å². The average Bonchev–Trinajstić information content (AvgIpc) is 2.68. The Balaban J connectivity index is 1.75. The van der Waals surface area contributed by atoms with Crippen molar-refractivity contribution < 1.29 is 13.2 Å². The van der Waals surface area contributed by atoms with Crippen molar-refractivity contribution in [3.05, 3.63) is 59.7 Å². The number of hydrogen-bond acceptors (Lipinski definition) is 4. The molecule has 1 aliphatic heterocycles. The van der Waals surface area contributed by atoms with E-state index in [0.717, 1.165) is 25.2 Å². The molecule has 2 aromatic carbocycles. The van der Waals surface area contributed by atoms with E-state index in [1.165, 1.54) is 10.4 Å². The van der Waals surface area contributed by atoms with Gasteiger partial charge in [0.25, 0.3) is 5.91 Å². The number of amides is 1. The van der Waals surface area contributed by atoms with Crippen molar-refractivity contribution in [1.82, 2.24) is 9.21 Å². The van der Waals surface area contributed by atoms with E-state index in [4.69, 9.17) is 0 Å². The predicted molar refractivity (Wildman–Crippen MR) is 106 cm³/mol. The van der Waals surface area contributed by atoms with Crippen LogP contribution in [0, 0.1) is 6.92 Å². The number of piperazine rings is 1. The van der Waals surface area contributed by atoms with E-state index in [9.17, 15) is 13.2 Å². The molecule has 1 aliphatic rings. The van der Waals surface area contributed by atoms with Gasteiger partial charge in [-0.1, -0.05) is 30.7 Å². The van der Waals surface area contributed by atoms with Crippen LogP contribution in [0.2, 0.25) is 0 Å². The lowest BCUT2D eigenvalue weighted by molar-refractivity contribution is 0.102. The van der Waals surface area contributed by atoms with E-state index in [2.05, 4.69) is 17.1 Å². The van der Waals surface area contributed by atoms with Crippen LogP contribution in [0.3, 0.4) is 0 Å². The highest BCUT2D eigenvalue weighted by Crippen LogP contribution is 2.21. The molecule has 0 spiro atoms. The lowest BCUT2D eigenvalue weighted by Gasteiger charge is -2.33. The molecule has 1 saturated heterocycles. The second-order valence-electron chi connectivity index (χ2n) is 6.69. The number of nitrogens with zero attached hydrogens (tertiary/aromatic N) is 2. The van der Waals surface area contributed by atoms with Gasteiger partial charge in [-0.15, -0.1) is 0 Å². The van der Waals surface area contributed by atoms with E-state index in [1.807, 2.05) is 19.1 Å². The van der Waals surface area contributed by atoms with E-state index in [-0.39, 0.29) is 10.8 Å². The number of rotatable bonds is 5. The zero-order valence-electron chi connectivity index (χ0n) is 15.7. The number of carbonyl (C=O) groups is 1. The summed E-state index contributed by atoms with van der Waals surface area (Å²) in [5.41, 5.74) is 2.07. The van der Waals surface area contributed by atoms with Crippen molar-refractivity contribution in [2.45, 2.75) is 18.7 Å². The van der Waals surface area contributed by atoms with Crippen molar-refractivity contribution in [3.63, 3.8) is 0 Å². The van der Waals surface area contributed by atoms with Crippen LogP contribution in [0.15, 0.2) is 53.4 Å². The second kappa shape index (κ2) is 8.21. The largest absolute Gasteiger partial charge is 0.322 e. The van der Waals surface area contributed by atoms with Crippen LogP contribution in [0.25, 0.3) is 0 Å². The zero-order valence-corrected chi connectivity index (χ0v) is 16.5. The molecule has 0 aliphatic carbocycles. The summed E-state index contributed by atoms with van der Waals surface area (Å²) in [5, 5.41) is 2.78. The molecule has 0 unspecified atom stereocenters. The van der Waals surface area contributed by atoms with Crippen LogP contribution in [0.4, 0.5) is 5.69 Å². The molecule has 0 radical (unpaired) electrons. The normalized spacial score (nSPS) is 16.2. The molecule has 27 heavy (non-hydrogen) atoms. The molecule has 144 valence electrons. The van der Waals surface area contributed by atoms with Gasteiger partial charge >= 0.3 is 0 Å². The van der Waals surface area contributed by atoms with Crippen LogP contribution >= 0.6 is 0 Å². The van der Waals surface area contributed by atoms with Crippen LogP contribution in [0.5, 0.6) is 0 Å². The topological polar surface area (TPSA) is 69.7 Å². The maximum atomic E-state index is 12.9. The summed E-state index contributed by atoms with van der Waals surface area (Å²) in [6.45, 7) is 7.39. The van der Waals surface area contributed by atoms with E-state index in [1.54, 1.807) is 30.3 Å². The SMILES string of the molecule is CCN1CCN(S(=O)(=O)c2cccc(NC(=O)c3ccc(C)cc3)c2)CC1. The van der Waals surface area contributed by atoms with Crippen molar-refractivity contribution in [2.24, 2.45) is 0 Å². The lowest BCUT2D eigenvalue weighted by atomic mass is 10.1. The highest BCUT2D eigenvalue weighted by atomic mass is 32.2. The Morgan fingerprint density at radius 1 is 1.04 bits per heavy atom. The van der Waals surface area contributed by atoms with Gasteiger partial charge in [0.2, 0.25) is 10.0 Å². The fourth-order valence-electron chi connectivity index (χ4n) is 3.08. The Hall–Kier alpha value is -2.22. The molecule has 1 fully saturated rings. The van der Waals surface area contributed by atoms with Crippen LogP contribution in [0.1, 0.15) is 22.8 Å². The maximum absolute atomic E-state index is 12.9. The third-order valence-electron chi connectivity index (χ3n) is 4.82. The van der Waals surface area contributed by atoms with Gasteiger partial charge in [-0.2, -0.15) is 4.31 Å². The molecular formula is C20H25N3O3S. The molecule has 1 heterocycles. The number of hydrogen-bond donors (Lipinski definition) is 1. The number of sulfonamides is 1. The molecule has 3 rings (SSSR count). The summed E-state index contributed by atoms with van der Waals surface area (Å²) < 4.78 is 27.4. The van der Waals surface area contributed by atoms with Gasteiger partial charge in [-0.05, 0) is 43.8 Å². The smallest absolute Gasteiger partial charge is 0.255 e. The Bertz CT molecular complexity index is 902. The number of likely N-dealkylation sites (N-methyl/N-ethyl adjacent to an activating group) is 1. The molecule has 2 aromatic rings. The van der Waals surface area contributed by atoms with Crippen molar-refractivity contribution in [3.8, 4) is 0 Å². The Morgan fingerprint density at radius 3 is 2.33 bits per heavy atom. The summed E-state index contributed by atoms with van der Waals surface area (Å²) in [7, 11) is -3.57. The summed E-state index contributed by atoms with van der Waals surface area (Å²) in [6, 6.07) is 13.7. The Kier molecular flexibility index (Phi) is 5.94. The Morgan fingerprint density at radius 2 is 1.70 bits per heavy atom. The van der Waals surface area contributed by atoms with Gasteiger partial charge in [0.15, 0.2) is 0 Å². The minimum Gasteiger partial charge on any atom is -0.322 e. The number of anilines is 1. The third kappa shape index (κ3) is 4.55. The third-order valence-corrected chi connectivity index (χ3v) is 6.72. The highest BCUT2D eigenvalue weighted by molar-refractivity contribution is 7.89. The van der Waals surface area contributed by atoms with E-state index < -0.39 is 10.0 Å². The molecule has 0 saturated carbocycles. The molecular weight excluding hydrogens is 362 g/mol. The quantitative estimate of drug-likeness (QED) is 0.856. The average molecular weight is 388 g/mol. The number of aryl methyl sites for hydroxylation is 1. The predicted octanol–water partition coefficient (Wildman–Crippen LogP) is 2.57. The molecule has 1 amide bonds. The molecule has 0 bridgehead atoms. The van der Waals surface area contributed by atoms with Crippen molar-refractivity contribution in [1.29, 1.82) is 0 Å². The number of nitrogens with one attached hydrogen (secondary N) is 1. The van der Waals surface area contributed by atoms with Crippen LogP contribution in [-0.2, 0) is 10.0 Å². The molecule has 0 aromatic heterocycles. The number of benzene rings is 2. The van der Waals surface area contributed by atoms with Crippen LogP contribution < -0.4 is 5.32 Å².